The molecule has 0 radical (unpaired) electrons. The highest BCUT2D eigenvalue weighted by atomic mass is 16.6. The van der Waals surface area contributed by atoms with E-state index in [1.54, 1.807) is 7.11 Å². The average Bonchev–Trinajstić information content (AvgIpc) is 3.38. The minimum Gasteiger partial charge on any atom is -0.497 e. The Labute approximate surface area is 403 Å². The Hall–Kier alpha value is -4.60. The first kappa shape index (κ1) is 51.8. The highest BCUT2D eigenvalue weighted by Crippen LogP contribution is 2.33. The molecule has 6 atom stereocenters. The molecule has 1 fully saturated rings. The topological polar surface area (TPSA) is 64.6 Å². The molecule has 0 aromatic heterocycles. The zero-order valence-corrected chi connectivity index (χ0v) is 40.5. The maximum Gasteiger partial charge on any atom is 0.118 e. The summed E-state index contributed by atoms with van der Waals surface area (Å²) in [5, 5.41) is 0. The standard InChI is InChI=1S/C60H78O7/c1-3-4-5-6-7-8-9-10-11-12-13-26-36-55(63-44-53-39-41-54(61-2)42-40-53)37-27-38-56-58(64-45-50-30-20-15-21-31-50)60(66-47-52-34-24-17-25-35-52)59(65-46-51-32-22-16-23-33-51)57(67-56)48-62-43-49-28-18-14-19-29-49/h14-25,27-35,37,39-42,55-60H,3-13,26,36,38,43-48H2,1-2H3/b37-27+/t55-,56-,57-,58+,59+,60-/m1/s1. The average molecular weight is 911 g/mol. The molecule has 0 bridgehead atoms. The summed E-state index contributed by atoms with van der Waals surface area (Å²) in [6.07, 6.45) is 19.7. The number of benzene rings is 5. The number of unbranched alkanes of at least 4 members (excludes halogenated alkanes) is 11. The highest BCUT2D eigenvalue weighted by Gasteiger charge is 2.48. The first-order valence-corrected chi connectivity index (χ1v) is 25.3. The third-order valence-corrected chi connectivity index (χ3v) is 12.7. The van der Waals surface area contributed by atoms with Gasteiger partial charge in [-0.25, -0.2) is 0 Å². The minimum atomic E-state index is -0.480. The van der Waals surface area contributed by atoms with Crippen molar-refractivity contribution in [2.24, 2.45) is 0 Å². The van der Waals surface area contributed by atoms with E-state index < -0.39 is 24.4 Å². The van der Waals surface area contributed by atoms with Crippen molar-refractivity contribution in [2.75, 3.05) is 13.7 Å². The lowest BCUT2D eigenvalue weighted by Gasteiger charge is -2.46. The van der Waals surface area contributed by atoms with E-state index in [0.29, 0.717) is 46.1 Å². The summed E-state index contributed by atoms with van der Waals surface area (Å²) >= 11 is 0. The molecular weight excluding hydrogens is 833 g/mol. The van der Waals surface area contributed by atoms with Crippen LogP contribution in [-0.2, 0) is 61.5 Å². The number of hydrogen-bond donors (Lipinski definition) is 0. The third-order valence-electron chi connectivity index (χ3n) is 12.7. The van der Waals surface area contributed by atoms with Crippen molar-refractivity contribution in [3.05, 3.63) is 186 Å². The van der Waals surface area contributed by atoms with Gasteiger partial charge in [0.25, 0.3) is 0 Å². The molecule has 7 nitrogen and oxygen atoms in total. The molecule has 5 aromatic carbocycles. The number of hydrogen-bond acceptors (Lipinski definition) is 7. The second kappa shape index (κ2) is 31.4. The van der Waals surface area contributed by atoms with Crippen LogP contribution in [0.4, 0.5) is 0 Å². The van der Waals surface area contributed by atoms with Crippen LogP contribution in [0.2, 0.25) is 0 Å². The van der Waals surface area contributed by atoms with Gasteiger partial charge in [-0.2, -0.15) is 0 Å². The molecule has 0 saturated carbocycles. The van der Waals surface area contributed by atoms with Gasteiger partial charge in [-0.1, -0.05) is 230 Å². The number of methoxy groups -OCH3 is 1. The summed E-state index contributed by atoms with van der Waals surface area (Å²) in [6, 6.07) is 49.4. The molecule has 7 heteroatoms. The van der Waals surface area contributed by atoms with Crippen molar-refractivity contribution in [1.82, 2.24) is 0 Å². The minimum absolute atomic E-state index is 0.0467. The first-order chi connectivity index (χ1) is 33.2. The molecule has 0 spiro atoms. The second-order valence-electron chi connectivity index (χ2n) is 18.0. The van der Waals surface area contributed by atoms with Gasteiger partial charge >= 0.3 is 0 Å². The molecule has 1 aliphatic heterocycles. The summed E-state index contributed by atoms with van der Waals surface area (Å²) in [7, 11) is 1.70. The van der Waals surface area contributed by atoms with Gasteiger partial charge in [-0.15, -0.1) is 0 Å². The van der Waals surface area contributed by atoms with E-state index in [-0.39, 0.29) is 12.2 Å². The molecule has 0 N–H and O–H groups in total. The van der Waals surface area contributed by atoms with Crippen LogP contribution in [-0.4, -0.2) is 50.3 Å². The van der Waals surface area contributed by atoms with E-state index in [0.717, 1.165) is 46.4 Å². The van der Waals surface area contributed by atoms with Crippen molar-refractivity contribution in [3.8, 4) is 5.75 Å². The molecule has 6 rings (SSSR count). The van der Waals surface area contributed by atoms with Gasteiger partial charge in [0.05, 0.1) is 59.0 Å². The van der Waals surface area contributed by atoms with Crippen LogP contribution in [0, 0.1) is 0 Å². The quantitative estimate of drug-likeness (QED) is 0.0307. The Morgan fingerprint density at radius 3 is 1.39 bits per heavy atom. The Bertz CT molecular complexity index is 1990. The molecule has 1 aliphatic rings. The maximum absolute atomic E-state index is 7.16. The second-order valence-corrected chi connectivity index (χ2v) is 18.0. The summed E-state index contributed by atoms with van der Waals surface area (Å²) in [5.74, 6) is 0.843. The Morgan fingerprint density at radius 2 is 0.896 bits per heavy atom. The largest absolute Gasteiger partial charge is 0.497 e. The predicted molar refractivity (Wildman–Crippen MR) is 271 cm³/mol. The van der Waals surface area contributed by atoms with Crippen LogP contribution in [0.5, 0.6) is 5.75 Å². The molecule has 0 amide bonds. The normalized spacial score (nSPS) is 18.9. The maximum atomic E-state index is 7.16. The smallest absolute Gasteiger partial charge is 0.118 e. The number of rotatable bonds is 33. The number of ether oxygens (including phenoxy) is 7. The van der Waals surface area contributed by atoms with Gasteiger partial charge in [0.15, 0.2) is 0 Å². The van der Waals surface area contributed by atoms with Gasteiger partial charge in [0.2, 0.25) is 0 Å². The van der Waals surface area contributed by atoms with Crippen molar-refractivity contribution in [1.29, 1.82) is 0 Å². The van der Waals surface area contributed by atoms with Crippen molar-refractivity contribution >= 4 is 0 Å². The lowest BCUT2D eigenvalue weighted by molar-refractivity contribution is -0.271. The van der Waals surface area contributed by atoms with Crippen molar-refractivity contribution in [2.45, 2.75) is 166 Å². The molecular formula is C60H78O7. The van der Waals surface area contributed by atoms with Crippen LogP contribution >= 0.6 is 0 Å². The van der Waals surface area contributed by atoms with E-state index in [2.05, 4.69) is 79.7 Å². The summed E-state index contributed by atoms with van der Waals surface area (Å²) in [6.45, 7) is 4.82. The molecule has 1 saturated heterocycles. The van der Waals surface area contributed by atoms with E-state index in [9.17, 15) is 0 Å². The SMILES string of the molecule is CCCCCCCCCCCCCC[C@H](/C=C/C[C@H]1O[C@H](COCc2ccccc2)[C@H](OCc2ccccc2)[C@H](OCc2ccccc2)[C@H]1OCc1ccccc1)OCc1ccc(OC)cc1. The van der Waals surface area contributed by atoms with Crippen molar-refractivity contribution in [3.63, 3.8) is 0 Å². The molecule has 360 valence electrons. The van der Waals surface area contributed by atoms with Crippen molar-refractivity contribution < 1.29 is 33.2 Å². The fourth-order valence-electron chi connectivity index (χ4n) is 8.79. The Balaban J connectivity index is 1.19. The summed E-state index contributed by atoms with van der Waals surface area (Å²) < 4.78 is 46.6. The van der Waals surface area contributed by atoms with E-state index in [1.165, 1.54) is 70.6 Å². The van der Waals surface area contributed by atoms with Gasteiger partial charge in [-0.05, 0) is 52.8 Å². The van der Waals surface area contributed by atoms with Gasteiger partial charge in [-0.3, -0.25) is 0 Å². The van der Waals surface area contributed by atoms with Crippen LogP contribution < -0.4 is 4.74 Å². The predicted octanol–water partition coefficient (Wildman–Crippen LogP) is 14.4. The van der Waals surface area contributed by atoms with Gasteiger partial charge < -0.3 is 33.2 Å². The lowest BCUT2D eigenvalue weighted by Crippen LogP contribution is -2.61. The summed E-state index contributed by atoms with van der Waals surface area (Å²) in [5.41, 5.74) is 5.48. The molecule has 0 unspecified atom stereocenters. The van der Waals surface area contributed by atoms with Gasteiger partial charge in [0, 0.05) is 0 Å². The Morgan fingerprint density at radius 1 is 0.463 bits per heavy atom. The molecule has 0 aliphatic carbocycles. The van der Waals surface area contributed by atoms with Crippen LogP contribution in [0.3, 0.4) is 0 Å². The molecule has 1 heterocycles. The van der Waals surface area contributed by atoms with Crippen LogP contribution in [0.15, 0.2) is 158 Å². The molecule has 5 aromatic rings. The Kier molecular flexibility index (Phi) is 24.3. The third kappa shape index (κ3) is 19.5. The monoisotopic (exact) mass is 911 g/mol. The summed E-state index contributed by atoms with van der Waals surface area (Å²) in [4.78, 5) is 0. The highest BCUT2D eigenvalue weighted by molar-refractivity contribution is 5.27. The van der Waals surface area contributed by atoms with E-state index in [4.69, 9.17) is 33.2 Å². The van der Waals surface area contributed by atoms with E-state index in [1.807, 2.05) is 84.9 Å². The zero-order chi connectivity index (χ0) is 46.4. The lowest BCUT2D eigenvalue weighted by atomic mass is 9.92. The molecule has 67 heavy (non-hydrogen) atoms. The first-order valence-electron chi connectivity index (χ1n) is 25.3. The van der Waals surface area contributed by atoms with Crippen LogP contribution in [0.1, 0.15) is 125 Å². The fourth-order valence-corrected chi connectivity index (χ4v) is 8.79. The van der Waals surface area contributed by atoms with Crippen LogP contribution in [0.25, 0.3) is 0 Å². The zero-order valence-electron chi connectivity index (χ0n) is 40.5. The van der Waals surface area contributed by atoms with Gasteiger partial charge in [0.1, 0.15) is 30.2 Å². The van der Waals surface area contributed by atoms with E-state index >= 15 is 0 Å². The fraction of sp³-hybridized carbons (Fsp3) is 0.467.